The van der Waals surface area contributed by atoms with Crippen LogP contribution in [0.15, 0.2) is 39.6 Å². The minimum Gasteiger partial charge on any atom is -0.332 e. The van der Waals surface area contributed by atoms with Crippen molar-refractivity contribution in [3.05, 3.63) is 57.9 Å². The van der Waals surface area contributed by atoms with Crippen molar-refractivity contribution in [1.29, 1.82) is 0 Å². The number of aromatic nitrogens is 4. The molecule has 0 aliphatic carbocycles. The van der Waals surface area contributed by atoms with Gasteiger partial charge in [0.1, 0.15) is 11.5 Å². The standard InChI is InChI=1S/C18H19FN6O2.ClH/c1-11-9-15(26)16(22-25(11)13-6-4-3-5-12(13)19)18-21-17(23-27-18)14-10-20-7-8-24(14)2;/h3-6,9,14,20H,7-8,10H2,1-2H3;1H. The number of rotatable bonds is 3. The second kappa shape index (κ2) is 8.17. The number of nitrogens with zero attached hydrogens (tertiary/aromatic N) is 5. The molecule has 1 aliphatic heterocycles. The van der Waals surface area contributed by atoms with Crippen molar-refractivity contribution in [1.82, 2.24) is 30.1 Å². The molecule has 2 aromatic heterocycles. The van der Waals surface area contributed by atoms with E-state index in [2.05, 4.69) is 25.5 Å². The molecule has 28 heavy (non-hydrogen) atoms. The Kier molecular flexibility index (Phi) is 5.87. The van der Waals surface area contributed by atoms with Gasteiger partial charge in [0.2, 0.25) is 5.43 Å². The Bertz CT molecular complexity index is 1040. The topological polar surface area (TPSA) is 89.1 Å². The maximum Gasteiger partial charge on any atom is 0.282 e. The van der Waals surface area contributed by atoms with Gasteiger partial charge in [-0.15, -0.1) is 12.4 Å². The summed E-state index contributed by atoms with van der Waals surface area (Å²) >= 11 is 0. The summed E-state index contributed by atoms with van der Waals surface area (Å²) in [5.74, 6) is 0.0711. The molecule has 1 atom stereocenters. The molecule has 0 bridgehead atoms. The first-order valence-electron chi connectivity index (χ1n) is 8.65. The first-order valence-corrected chi connectivity index (χ1v) is 8.65. The Balaban J connectivity index is 0.00000225. The Morgan fingerprint density at radius 3 is 2.86 bits per heavy atom. The Morgan fingerprint density at radius 2 is 2.11 bits per heavy atom. The van der Waals surface area contributed by atoms with Crippen LogP contribution in [0.25, 0.3) is 17.3 Å². The molecule has 3 heterocycles. The lowest BCUT2D eigenvalue weighted by Gasteiger charge is -2.30. The van der Waals surface area contributed by atoms with E-state index in [4.69, 9.17) is 4.52 Å². The van der Waals surface area contributed by atoms with Gasteiger partial charge in [-0.25, -0.2) is 9.07 Å². The average molecular weight is 407 g/mol. The fourth-order valence-corrected chi connectivity index (χ4v) is 3.12. The third-order valence-corrected chi connectivity index (χ3v) is 4.64. The number of halogens is 2. The number of nitrogens with one attached hydrogen (secondary N) is 1. The van der Waals surface area contributed by atoms with Crippen LogP contribution in [-0.4, -0.2) is 51.5 Å². The molecule has 0 amide bonds. The van der Waals surface area contributed by atoms with E-state index in [0.717, 1.165) is 13.1 Å². The van der Waals surface area contributed by atoms with E-state index >= 15 is 0 Å². The number of hydrogen-bond acceptors (Lipinski definition) is 7. The fraction of sp³-hybridized carbons (Fsp3) is 0.333. The molecule has 0 saturated carbocycles. The van der Waals surface area contributed by atoms with Gasteiger partial charge < -0.3 is 9.84 Å². The molecular weight excluding hydrogens is 387 g/mol. The lowest BCUT2D eigenvalue weighted by atomic mass is 10.2. The summed E-state index contributed by atoms with van der Waals surface area (Å²) < 4.78 is 20.9. The molecule has 1 saturated heterocycles. The second-order valence-corrected chi connectivity index (χ2v) is 6.52. The molecule has 3 aromatic rings. The lowest BCUT2D eigenvalue weighted by molar-refractivity contribution is 0.190. The highest BCUT2D eigenvalue weighted by molar-refractivity contribution is 5.85. The normalized spacial score (nSPS) is 17.3. The summed E-state index contributed by atoms with van der Waals surface area (Å²) in [5.41, 5.74) is 0.386. The maximum absolute atomic E-state index is 14.2. The van der Waals surface area contributed by atoms with Gasteiger partial charge in [0.15, 0.2) is 11.5 Å². The van der Waals surface area contributed by atoms with E-state index in [-0.39, 0.29) is 41.1 Å². The predicted octanol–water partition coefficient (Wildman–Crippen LogP) is 1.73. The number of aryl methyl sites for hydroxylation is 1. The molecule has 0 spiro atoms. The minimum atomic E-state index is -0.441. The van der Waals surface area contributed by atoms with Crippen LogP contribution in [0.3, 0.4) is 0 Å². The van der Waals surface area contributed by atoms with Crippen LogP contribution in [0.2, 0.25) is 0 Å². The monoisotopic (exact) mass is 406 g/mol. The van der Waals surface area contributed by atoms with Gasteiger partial charge in [-0.3, -0.25) is 9.69 Å². The molecule has 1 N–H and O–H groups in total. The molecule has 1 unspecified atom stereocenters. The SMILES string of the molecule is Cc1cc(=O)c(-c2nc(C3CNCCN3C)no2)nn1-c1ccccc1F.Cl. The van der Waals surface area contributed by atoms with Crippen molar-refractivity contribution in [2.75, 3.05) is 26.7 Å². The second-order valence-electron chi connectivity index (χ2n) is 6.52. The van der Waals surface area contributed by atoms with Crippen LogP contribution in [0, 0.1) is 12.7 Å². The van der Waals surface area contributed by atoms with E-state index in [9.17, 15) is 9.18 Å². The van der Waals surface area contributed by atoms with Gasteiger partial charge >= 0.3 is 0 Å². The molecule has 1 aromatic carbocycles. The minimum absolute atomic E-state index is 0. The van der Waals surface area contributed by atoms with Gasteiger partial charge in [-0.1, -0.05) is 17.3 Å². The first kappa shape index (κ1) is 20.1. The highest BCUT2D eigenvalue weighted by atomic mass is 35.5. The zero-order valence-electron chi connectivity index (χ0n) is 15.4. The number of piperazine rings is 1. The van der Waals surface area contributed by atoms with Crippen LogP contribution in [0.5, 0.6) is 0 Å². The molecule has 148 valence electrons. The third kappa shape index (κ3) is 3.68. The number of hydrogen-bond donors (Lipinski definition) is 1. The van der Waals surface area contributed by atoms with Gasteiger partial charge in [-0.05, 0) is 26.1 Å². The van der Waals surface area contributed by atoms with Crippen LogP contribution in [-0.2, 0) is 0 Å². The van der Waals surface area contributed by atoms with Crippen molar-refractivity contribution in [2.24, 2.45) is 0 Å². The van der Waals surface area contributed by atoms with Crippen molar-refractivity contribution >= 4 is 12.4 Å². The molecule has 4 rings (SSSR count). The van der Waals surface area contributed by atoms with Crippen LogP contribution in [0.4, 0.5) is 4.39 Å². The predicted molar refractivity (Wildman–Crippen MR) is 103 cm³/mol. The van der Waals surface area contributed by atoms with Crippen molar-refractivity contribution < 1.29 is 8.91 Å². The Labute approximate surface area is 166 Å². The van der Waals surface area contributed by atoms with Crippen LogP contribution in [0.1, 0.15) is 17.6 Å². The zero-order valence-corrected chi connectivity index (χ0v) is 16.2. The summed E-state index contributed by atoms with van der Waals surface area (Å²) in [7, 11) is 1.98. The van der Waals surface area contributed by atoms with E-state index < -0.39 is 5.82 Å². The Morgan fingerprint density at radius 1 is 1.32 bits per heavy atom. The molecular formula is C18H20ClFN6O2. The van der Waals surface area contributed by atoms with Crippen molar-refractivity contribution in [2.45, 2.75) is 13.0 Å². The quantitative estimate of drug-likeness (QED) is 0.708. The lowest BCUT2D eigenvalue weighted by Crippen LogP contribution is -2.44. The summed E-state index contributed by atoms with van der Waals surface area (Å²) in [6.07, 6.45) is 0. The van der Waals surface area contributed by atoms with Gasteiger partial charge in [0.25, 0.3) is 5.89 Å². The highest BCUT2D eigenvalue weighted by Gasteiger charge is 2.26. The molecule has 8 nitrogen and oxygen atoms in total. The number of likely N-dealkylation sites (N-methyl/N-ethyl adjacent to an activating group) is 1. The third-order valence-electron chi connectivity index (χ3n) is 4.64. The molecule has 10 heteroatoms. The van der Waals surface area contributed by atoms with Crippen LogP contribution >= 0.6 is 12.4 Å². The van der Waals surface area contributed by atoms with E-state index in [1.807, 2.05) is 7.05 Å². The summed E-state index contributed by atoms with van der Waals surface area (Å²) in [4.78, 5) is 18.9. The van der Waals surface area contributed by atoms with Crippen molar-refractivity contribution in [3.8, 4) is 17.3 Å². The van der Waals surface area contributed by atoms with Gasteiger partial charge in [0, 0.05) is 31.4 Å². The van der Waals surface area contributed by atoms with Gasteiger partial charge in [0.05, 0.1) is 6.04 Å². The summed E-state index contributed by atoms with van der Waals surface area (Å²) in [6.45, 7) is 4.13. The zero-order chi connectivity index (χ0) is 19.0. The van der Waals surface area contributed by atoms with Gasteiger partial charge in [-0.2, -0.15) is 10.1 Å². The first-order chi connectivity index (χ1) is 13.0. The number of para-hydroxylation sites is 1. The van der Waals surface area contributed by atoms with E-state index in [1.54, 1.807) is 25.1 Å². The van der Waals surface area contributed by atoms with Crippen molar-refractivity contribution in [3.63, 3.8) is 0 Å². The number of benzene rings is 1. The summed E-state index contributed by atoms with van der Waals surface area (Å²) in [6, 6.07) is 7.56. The van der Waals surface area contributed by atoms with Crippen LogP contribution < -0.4 is 10.7 Å². The molecule has 0 radical (unpaired) electrons. The summed E-state index contributed by atoms with van der Waals surface area (Å²) in [5, 5.41) is 11.6. The Hall–Kier alpha value is -2.62. The fourth-order valence-electron chi connectivity index (χ4n) is 3.12. The molecule has 1 fully saturated rings. The van der Waals surface area contributed by atoms with E-state index in [0.29, 0.717) is 18.1 Å². The smallest absolute Gasteiger partial charge is 0.282 e. The maximum atomic E-state index is 14.2. The van der Waals surface area contributed by atoms with E-state index in [1.165, 1.54) is 16.8 Å². The largest absolute Gasteiger partial charge is 0.332 e. The average Bonchev–Trinajstić information content (AvgIpc) is 3.13. The molecule has 1 aliphatic rings. The highest BCUT2D eigenvalue weighted by Crippen LogP contribution is 2.21.